The highest BCUT2D eigenvalue weighted by molar-refractivity contribution is 5.87. The van der Waals surface area contributed by atoms with Gasteiger partial charge in [0.15, 0.2) is 0 Å². The van der Waals surface area contributed by atoms with Crippen LogP contribution >= 0.6 is 0 Å². The third kappa shape index (κ3) is 4.22. The minimum Gasteiger partial charge on any atom is -0.469 e. The Morgan fingerprint density at radius 1 is 1.17 bits per heavy atom. The number of esters is 2. The third-order valence-corrected chi connectivity index (χ3v) is 2.96. The number of hydrogen-bond acceptors (Lipinski definition) is 8. The minimum absolute atomic E-state index is 0.0334. The molecule has 10 nitrogen and oxygen atoms in total. The molecule has 1 aromatic carbocycles. The van der Waals surface area contributed by atoms with Crippen molar-refractivity contribution in [2.24, 2.45) is 0 Å². The predicted molar refractivity (Wildman–Crippen MR) is 75.8 cm³/mol. The largest absolute Gasteiger partial charge is 0.469 e. The Balaban J connectivity index is 3.50. The number of rotatable bonds is 7. The summed E-state index contributed by atoms with van der Waals surface area (Å²) in [6.07, 6.45) is -0.605. The molecule has 1 aromatic rings. The molecule has 23 heavy (non-hydrogen) atoms. The molecule has 0 amide bonds. The first-order valence-electron chi connectivity index (χ1n) is 6.48. The average molecular weight is 326 g/mol. The first-order chi connectivity index (χ1) is 10.8. The zero-order valence-electron chi connectivity index (χ0n) is 12.4. The molecule has 1 rings (SSSR count). The van der Waals surface area contributed by atoms with Gasteiger partial charge in [0.2, 0.25) is 0 Å². The maximum absolute atomic E-state index is 11.9. The number of nitrogens with zero attached hydrogens (tertiary/aromatic N) is 2. The van der Waals surface area contributed by atoms with Crippen LogP contribution in [-0.2, 0) is 19.1 Å². The molecule has 0 heterocycles. The number of carbonyl (C=O) groups excluding carboxylic acids is 2. The Morgan fingerprint density at radius 2 is 1.70 bits per heavy atom. The molecule has 0 spiro atoms. The van der Waals surface area contributed by atoms with Crippen LogP contribution in [0.2, 0.25) is 0 Å². The number of ether oxygens (including phenoxy) is 2. The van der Waals surface area contributed by atoms with Crippen LogP contribution in [0.3, 0.4) is 0 Å². The summed E-state index contributed by atoms with van der Waals surface area (Å²) < 4.78 is 9.23. The van der Waals surface area contributed by atoms with E-state index in [0.29, 0.717) is 0 Å². The van der Waals surface area contributed by atoms with E-state index in [2.05, 4.69) is 4.74 Å². The van der Waals surface area contributed by atoms with Gasteiger partial charge < -0.3 is 9.47 Å². The number of nitro benzene ring substituents is 2. The van der Waals surface area contributed by atoms with Crippen LogP contribution in [0.5, 0.6) is 0 Å². The van der Waals surface area contributed by atoms with Crippen LogP contribution in [0.15, 0.2) is 18.2 Å². The van der Waals surface area contributed by atoms with E-state index in [4.69, 9.17) is 4.74 Å². The molecule has 0 saturated heterocycles. The van der Waals surface area contributed by atoms with Crippen LogP contribution in [-0.4, -0.2) is 35.5 Å². The zero-order chi connectivity index (χ0) is 17.6. The lowest BCUT2D eigenvalue weighted by molar-refractivity contribution is -0.395. The highest BCUT2D eigenvalue weighted by Gasteiger charge is 2.37. The van der Waals surface area contributed by atoms with E-state index in [0.717, 1.165) is 25.3 Å². The van der Waals surface area contributed by atoms with E-state index in [1.54, 1.807) is 6.92 Å². The molecule has 124 valence electrons. The summed E-state index contributed by atoms with van der Waals surface area (Å²) >= 11 is 0. The molecule has 1 atom stereocenters. The summed E-state index contributed by atoms with van der Waals surface area (Å²) in [7, 11) is 1.01. The fourth-order valence-corrected chi connectivity index (χ4v) is 2.05. The molecular formula is C13H14N2O8. The second kappa shape index (κ2) is 7.82. The molecule has 0 radical (unpaired) electrons. The molecular weight excluding hydrogens is 312 g/mol. The van der Waals surface area contributed by atoms with Gasteiger partial charge in [0.25, 0.3) is 11.4 Å². The maximum atomic E-state index is 11.9. The summed E-state index contributed by atoms with van der Waals surface area (Å²) in [5.74, 6) is -3.34. The summed E-state index contributed by atoms with van der Waals surface area (Å²) in [5.41, 5.74) is -1.76. The second-order valence-electron chi connectivity index (χ2n) is 4.31. The van der Waals surface area contributed by atoms with Crippen molar-refractivity contribution in [3.63, 3.8) is 0 Å². The molecule has 10 heteroatoms. The molecule has 0 aliphatic heterocycles. The van der Waals surface area contributed by atoms with Gasteiger partial charge in [-0.1, -0.05) is 0 Å². The van der Waals surface area contributed by atoms with Gasteiger partial charge in [-0.05, 0) is 13.0 Å². The van der Waals surface area contributed by atoms with Crippen LogP contribution < -0.4 is 0 Å². The number of hydrogen-bond donors (Lipinski definition) is 0. The van der Waals surface area contributed by atoms with Crippen molar-refractivity contribution in [1.82, 2.24) is 0 Å². The Bertz CT molecular complexity index is 611. The summed E-state index contributed by atoms with van der Waals surface area (Å²) in [5, 5.41) is 22.3. The number of nitro groups is 2. The fraction of sp³-hybridized carbons (Fsp3) is 0.385. The van der Waals surface area contributed by atoms with Gasteiger partial charge in [0.05, 0.1) is 30.0 Å². The molecule has 0 saturated carbocycles. The lowest BCUT2D eigenvalue weighted by Crippen LogP contribution is -2.21. The smallest absolute Gasteiger partial charge is 0.314 e. The van der Waals surface area contributed by atoms with Crippen molar-refractivity contribution < 1.29 is 28.9 Å². The van der Waals surface area contributed by atoms with Crippen molar-refractivity contribution in [2.45, 2.75) is 19.3 Å². The average Bonchev–Trinajstić information content (AvgIpc) is 2.51. The molecule has 0 aliphatic rings. The third-order valence-electron chi connectivity index (χ3n) is 2.96. The van der Waals surface area contributed by atoms with E-state index in [-0.39, 0.29) is 6.61 Å². The predicted octanol–water partition coefficient (Wildman–Crippen LogP) is 1.71. The summed E-state index contributed by atoms with van der Waals surface area (Å²) in [6.45, 7) is 1.57. The van der Waals surface area contributed by atoms with Crippen LogP contribution in [0.4, 0.5) is 11.4 Å². The highest BCUT2D eigenvalue weighted by atomic mass is 16.6. The number of benzene rings is 1. The highest BCUT2D eigenvalue weighted by Crippen LogP contribution is 2.37. The number of methoxy groups -OCH3 is 1. The van der Waals surface area contributed by atoms with Gasteiger partial charge in [0, 0.05) is 12.1 Å². The Kier molecular flexibility index (Phi) is 6.13. The van der Waals surface area contributed by atoms with Crippen molar-refractivity contribution in [1.29, 1.82) is 0 Å². The molecule has 0 bridgehead atoms. The van der Waals surface area contributed by atoms with Gasteiger partial charge in [-0.15, -0.1) is 0 Å². The first-order valence-corrected chi connectivity index (χ1v) is 6.48. The van der Waals surface area contributed by atoms with Crippen molar-refractivity contribution >= 4 is 23.3 Å². The molecule has 0 aliphatic carbocycles. The van der Waals surface area contributed by atoms with Gasteiger partial charge in [-0.3, -0.25) is 29.8 Å². The topological polar surface area (TPSA) is 139 Å². The van der Waals surface area contributed by atoms with Gasteiger partial charge in [0.1, 0.15) is 11.5 Å². The van der Waals surface area contributed by atoms with Crippen LogP contribution in [0.1, 0.15) is 24.8 Å². The van der Waals surface area contributed by atoms with E-state index in [1.165, 1.54) is 0 Å². The second-order valence-corrected chi connectivity index (χ2v) is 4.31. The van der Waals surface area contributed by atoms with E-state index >= 15 is 0 Å². The lowest BCUT2D eigenvalue weighted by atomic mass is 9.92. The minimum atomic E-state index is -1.51. The maximum Gasteiger partial charge on any atom is 0.314 e. The molecule has 1 unspecified atom stereocenters. The standard InChI is InChI=1S/C13H14N2O8/c1-3-23-11(16)7-8(13(17)22-2)12-9(14(18)19)5-4-6-10(12)15(20)21/h4-6,8H,3,7H2,1-2H3. The zero-order valence-corrected chi connectivity index (χ0v) is 12.4. The molecule has 0 N–H and O–H groups in total. The SMILES string of the molecule is CCOC(=O)CC(C(=O)OC)c1c([N+](=O)[O-])cccc1[N+](=O)[O-]. The number of carbonyl (C=O) groups is 2. The monoisotopic (exact) mass is 326 g/mol. The molecule has 0 fully saturated rings. The molecule has 0 aromatic heterocycles. The Morgan fingerprint density at radius 3 is 2.09 bits per heavy atom. The summed E-state index contributed by atoms with van der Waals surface area (Å²) in [6, 6.07) is 3.16. The van der Waals surface area contributed by atoms with Crippen molar-refractivity contribution in [3.05, 3.63) is 44.0 Å². The van der Waals surface area contributed by atoms with Crippen LogP contribution in [0, 0.1) is 20.2 Å². The van der Waals surface area contributed by atoms with Gasteiger partial charge in [-0.25, -0.2) is 0 Å². The van der Waals surface area contributed by atoms with Crippen molar-refractivity contribution in [2.75, 3.05) is 13.7 Å². The van der Waals surface area contributed by atoms with Gasteiger partial charge in [-0.2, -0.15) is 0 Å². The fourth-order valence-electron chi connectivity index (χ4n) is 2.05. The Hall–Kier alpha value is -3.04. The first kappa shape index (κ1) is 18.0. The van der Waals surface area contributed by atoms with E-state index in [9.17, 15) is 29.8 Å². The van der Waals surface area contributed by atoms with E-state index < -0.39 is 51.1 Å². The quantitative estimate of drug-likeness (QED) is 0.419. The lowest BCUT2D eigenvalue weighted by Gasteiger charge is -2.14. The van der Waals surface area contributed by atoms with Crippen molar-refractivity contribution in [3.8, 4) is 0 Å². The summed E-state index contributed by atoms with van der Waals surface area (Å²) in [4.78, 5) is 44.1. The normalized spacial score (nSPS) is 11.4. The van der Waals surface area contributed by atoms with Gasteiger partial charge >= 0.3 is 11.9 Å². The van der Waals surface area contributed by atoms with E-state index in [1.807, 2.05) is 0 Å². The van der Waals surface area contributed by atoms with Crippen LogP contribution in [0.25, 0.3) is 0 Å². The Labute approximate surface area is 130 Å².